The lowest BCUT2D eigenvalue weighted by atomic mass is 10.4. The fraction of sp³-hybridized carbons (Fsp3) is 0.400. The van der Waals surface area contributed by atoms with E-state index in [1.165, 1.54) is 0 Å². The lowest BCUT2D eigenvalue weighted by Gasteiger charge is -2.04. The fourth-order valence-corrected chi connectivity index (χ4v) is 0.927. The first-order valence-electron chi connectivity index (χ1n) is 4.24. The van der Waals surface area contributed by atoms with Crippen LogP contribution in [0.15, 0.2) is 36.1 Å². The number of ether oxygens (including phenoxy) is 1. The average molecular weight is 165 g/mol. The molecule has 66 valence electrons. The number of allylic oxidation sites excluding steroid dienone is 5. The van der Waals surface area contributed by atoms with Crippen LogP contribution in [0.25, 0.3) is 0 Å². The van der Waals surface area contributed by atoms with Crippen LogP contribution < -0.4 is 5.32 Å². The van der Waals surface area contributed by atoms with Gasteiger partial charge in [0.25, 0.3) is 0 Å². The summed E-state index contributed by atoms with van der Waals surface area (Å²) in [6.45, 7) is 1.61. The maximum atomic E-state index is 5.46. The minimum absolute atomic E-state index is 0.723. The van der Waals surface area contributed by atoms with Gasteiger partial charge >= 0.3 is 0 Å². The number of hydrogen-bond acceptors (Lipinski definition) is 2. The van der Waals surface area contributed by atoms with Crippen LogP contribution in [-0.2, 0) is 4.74 Å². The Morgan fingerprint density at radius 2 is 2.42 bits per heavy atom. The summed E-state index contributed by atoms with van der Waals surface area (Å²) in [5, 5.41) is 3.03. The second-order valence-corrected chi connectivity index (χ2v) is 2.59. The number of hydrogen-bond donors (Lipinski definition) is 1. The molecule has 0 saturated carbocycles. The SMILES string of the molecule is CNCCOC1=CC=CCC=C1. The molecule has 0 amide bonds. The molecule has 0 aromatic carbocycles. The van der Waals surface area contributed by atoms with Gasteiger partial charge in [0.2, 0.25) is 0 Å². The van der Waals surface area contributed by atoms with Crippen LogP contribution in [0.1, 0.15) is 6.42 Å². The third-order valence-electron chi connectivity index (χ3n) is 1.57. The van der Waals surface area contributed by atoms with Crippen molar-refractivity contribution < 1.29 is 4.74 Å². The number of rotatable bonds is 4. The predicted molar refractivity (Wildman–Crippen MR) is 50.9 cm³/mol. The van der Waals surface area contributed by atoms with Gasteiger partial charge in [0, 0.05) is 6.54 Å². The third-order valence-corrected chi connectivity index (χ3v) is 1.57. The lowest BCUT2D eigenvalue weighted by Crippen LogP contribution is -2.13. The summed E-state index contributed by atoms with van der Waals surface area (Å²) in [5.74, 6) is 0.944. The quantitative estimate of drug-likeness (QED) is 0.639. The van der Waals surface area contributed by atoms with Gasteiger partial charge in [-0.3, -0.25) is 0 Å². The van der Waals surface area contributed by atoms with Crippen LogP contribution in [0.4, 0.5) is 0 Å². The molecule has 0 aromatic rings. The van der Waals surface area contributed by atoms with Gasteiger partial charge in [-0.05, 0) is 25.6 Å². The van der Waals surface area contributed by atoms with Gasteiger partial charge in [-0.15, -0.1) is 0 Å². The van der Waals surface area contributed by atoms with Crippen LogP contribution in [0.5, 0.6) is 0 Å². The first kappa shape index (κ1) is 9.07. The molecule has 0 fully saturated rings. The topological polar surface area (TPSA) is 21.3 Å². The third kappa shape index (κ3) is 3.39. The Morgan fingerprint density at radius 3 is 3.25 bits per heavy atom. The standard InChI is InChI=1S/C10H15NO/c1-11-8-9-12-10-6-4-2-3-5-7-10/h2,4-7,11H,3,8-9H2,1H3. The Morgan fingerprint density at radius 1 is 1.50 bits per heavy atom. The van der Waals surface area contributed by atoms with Crippen molar-refractivity contribution in [3.05, 3.63) is 36.1 Å². The molecule has 0 heterocycles. The Hall–Kier alpha value is -1.02. The Labute approximate surface area is 73.6 Å². The molecular formula is C10H15NO. The minimum Gasteiger partial charge on any atom is -0.492 e. The van der Waals surface area contributed by atoms with Crippen LogP contribution >= 0.6 is 0 Å². The van der Waals surface area contributed by atoms with Crippen molar-refractivity contribution in [3.63, 3.8) is 0 Å². The van der Waals surface area contributed by atoms with E-state index in [0.717, 1.165) is 25.3 Å². The van der Waals surface area contributed by atoms with Gasteiger partial charge in [-0.1, -0.05) is 18.2 Å². The molecule has 0 saturated heterocycles. The van der Waals surface area contributed by atoms with Gasteiger partial charge in [0.15, 0.2) is 0 Å². The van der Waals surface area contributed by atoms with Crippen molar-refractivity contribution in [2.45, 2.75) is 6.42 Å². The largest absolute Gasteiger partial charge is 0.492 e. The molecule has 1 rings (SSSR count). The van der Waals surface area contributed by atoms with E-state index in [1.54, 1.807) is 0 Å². The molecule has 12 heavy (non-hydrogen) atoms. The molecule has 0 spiro atoms. The molecule has 0 aliphatic heterocycles. The normalized spacial score (nSPS) is 15.6. The molecule has 0 bridgehead atoms. The maximum absolute atomic E-state index is 5.46. The highest BCUT2D eigenvalue weighted by molar-refractivity contribution is 5.22. The molecule has 0 aromatic heterocycles. The summed E-state index contributed by atoms with van der Waals surface area (Å²) >= 11 is 0. The first-order chi connectivity index (χ1) is 5.93. The zero-order chi connectivity index (χ0) is 8.65. The van der Waals surface area contributed by atoms with Crippen molar-refractivity contribution in [3.8, 4) is 0 Å². The average Bonchev–Trinajstić information content (AvgIpc) is 2.33. The molecular weight excluding hydrogens is 150 g/mol. The van der Waals surface area contributed by atoms with Crippen molar-refractivity contribution in [1.29, 1.82) is 0 Å². The van der Waals surface area contributed by atoms with E-state index in [2.05, 4.69) is 17.5 Å². The number of likely N-dealkylation sites (N-methyl/N-ethyl adjacent to an activating group) is 1. The van der Waals surface area contributed by atoms with E-state index in [1.807, 2.05) is 25.3 Å². The highest BCUT2D eigenvalue weighted by atomic mass is 16.5. The van der Waals surface area contributed by atoms with E-state index in [0.29, 0.717) is 0 Å². The zero-order valence-electron chi connectivity index (χ0n) is 7.42. The molecule has 0 atom stereocenters. The van der Waals surface area contributed by atoms with E-state index < -0.39 is 0 Å². The zero-order valence-corrected chi connectivity index (χ0v) is 7.42. The molecule has 0 radical (unpaired) electrons. The Kier molecular flexibility index (Phi) is 4.24. The summed E-state index contributed by atoms with van der Waals surface area (Å²) in [4.78, 5) is 0. The molecule has 0 unspecified atom stereocenters. The molecule has 1 N–H and O–H groups in total. The highest BCUT2D eigenvalue weighted by Gasteiger charge is 1.92. The molecule has 1 aliphatic rings. The van der Waals surface area contributed by atoms with Crippen molar-refractivity contribution in [2.75, 3.05) is 20.2 Å². The van der Waals surface area contributed by atoms with Gasteiger partial charge in [-0.25, -0.2) is 0 Å². The van der Waals surface area contributed by atoms with Crippen molar-refractivity contribution in [2.24, 2.45) is 0 Å². The lowest BCUT2D eigenvalue weighted by molar-refractivity contribution is 0.227. The Bertz CT molecular complexity index is 204. The van der Waals surface area contributed by atoms with Crippen LogP contribution in [0.2, 0.25) is 0 Å². The van der Waals surface area contributed by atoms with E-state index in [9.17, 15) is 0 Å². The van der Waals surface area contributed by atoms with Gasteiger partial charge < -0.3 is 10.1 Å². The monoisotopic (exact) mass is 165 g/mol. The van der Waals surface area contributed by atoms with E-state index in [4.69, 9.17) is 4.74 Å². The van der Waals surface area contributed by atoms with Gasteiger partial charge in [0.05, 0.1) is 0 Å². The second-order valence-electron chi connectivity index (χ2n) is 2.59. The second kappa shape index (κ2) is 5.61. The summed E-state index contributed by atoms with van der Waals surface area (Å²) in [6, 6.07) is 0. The smallest absolute Gasteiger partial charge is 0.119 e. The molecule has 2 heteroatoms. The summed E-state index contributed by atoms with van der Waals surface area (Å²) in [7, 11) is 1.92. The summed E-state index contributed by atoms with van der Waals surface area (Å²) in [5.41, 5.74) is 0. The van der Waals surface area contributed by atoms with Gasteiger partial charge in [-0.2, -0.15) is 0 Å². The van der Waals surface area contributed by atoms with E-state index >= 15 is 0 Å². The van der Waals surface area contributed by atoms with Crippen molar-refractivity contribution in [1.82, 2.24) is 5.32 Å². The molecule has 1 aliphatic carbocycles. The highest BCUT2D eigenvalue weighted by Crippen LogP contribution is 2.05. The Balaban J connectivity index is 2.30. The van der Waals surface area contributed by atoms with Crippen LogP contribution in [-0.4, -0.2) is 20.2 Å². The van der Waals surface area contributed by atoms with Crippen LogP contribution in [0, 0.1) is 0 Å². The van der Waals surface area contributed by atoms with Gasteiger partial charge in [0.1, 0.15) is 12.4 Å². The summed E-state index contributed by atoms with van der Waals surface area (Å²) in [6.07, 6.45) is 11.2. The fourth-order valence-electron chi connectivity index (χ4n) is 0.927. The maximum Gasteiger partial charge on any atom is 0.119 e. The predicted octanol–water partition coefficient (Wildman–Crippen LogP) is 1.62. The van der Waals surface area contributed by atoms with Crippen molar-refractivity contribution >= 4 is 0 Å². The first-order valence-corrected chi connectivity index (χ1v) is 4.24. The molecule has 2 nitrogen and oxygen atoms in total. The minimum atomic E-state index is 0.723. The number of nitrogens with one attached hydrogen (secondary N) is 1. The van der Waals surface area contributed by atoms with E-state index in [-0.39, 0.29) is 0 Å². The summed E-state index contributed by atoms with van der Waals surface area (Å²) < 4.78 is 5.46. The van der Waals surface area contributed by atoms with Crippen LogP contribution in [0.3, 0.4) is 0 Å².